The van der Waals surface area contributed by atoms with Crippen molar-refractivity contribution in [3.63, 3.8) is 0 Å². The van der Waals surface area contributed by atoms with Crippen LogP contribution in [0.1, 0.15) is 0 Å². The average molecular weight is 169 g/mol. The SMILES string of the molecule is CN(CC(O)CN)c1ccc[nH]1. The van der Waals surface area contributed by atoms with Gasteiger partial charge in [0, 0.05) is 26.3 Å². The van der Waals surface area contributed by atoms with Crippen molar-refractivity contribution in [2.24, 2.45) is 5.73 Å². The zero-order valence-electron chi connectivity index (χ0n) is 7.20. The predicted molar refractivity (Wildman–Crippen MR) is 49.1 cm³/mol. The van der Waals surface area contributed by atoms with E-state index in [1.54, 1.807) is 0 Å². The minimum atomic E-state index is -0.460. The molecule has 1 aromatic heterocycles. The summed E-state index contributed by atoms with van der Waals surface area (Å²) in [5, 5.41) is 9.25. The largest absolute Gasteiger partial charge is 0.390 e. The molecular weight excluding hydrogens is 154 g/mol. The number of aliphatic hydroxyl groups is 1. The Morgan fingerprint density at radius 3 is 3.00 bits per heavy atom. The van der Waals surface area contributed by atoms with Gasteiger partial charge in [-0.15, -0.1) is 0 Å². The number of nitrogens with one attached hydrogen (secondary N) is 1. The maximum Gasteiger partial charge on any atom is 0.105 e. The van der Waals surface area contributed by atoms with Gasteiger partial charge in [0.15, 0.2) is 0 Å². The fourth-order valence-electron chi connectivity index (χ4n) is 1.05. The van der Waals surface area contributed by atoms with Gasteiger partial charge in [-0.05, 0) is 12.1 Å². The zero-order valence-corrected chi connectivity index (χ0v) is 7.20. The number of nitrogens with zero attached hydrogens (tertiary/aromatic N) is 1. The molecule has 0 fully saturated rings. The number of H-pyrrole nitrogens is 1. The van der Waals surface area contributed by atoms with Crippen LogP contribution in [0.2, 0.25) is 0 Å². The number of aliphatic hydroxyl groups excluding tert-OH is 1. The summed E-state index contributed by atoms with van der Waals surface area (Å²) in [5.41, 5.74) is 5.29. The summed E-state index contributed by atoms with van der Waals surface area (Å²) in [6, 6.07) is 3.86. The molecule has 0 aliphatic rings. The minimum Gasteiger partial charge on any atom is -0.390 e. The van der Waals surface area contributed by atoms with Crippen LogP contribution >= 0.6 is 0 Å². The molecule has 1 aromatic rings. The summed E-state index contributed by atoms with van der Waals surface area (Å²) in [7, 11) is 1.91. The molecule has 4 nitrogen and oxygen atoms in total. The zero-order chi connectivity index (χ0) is 8.97. The first-order valence-corrected chi connectivity index (χ1v) is 3.96. The first-order chi connectivity index (χ1) is 5.74. The second kappa shape index (κ2) is 4.13. The van der Waals surface area contributed by atoms with Crippen LogP contribution in [0.25, 0.3) is 0 Å². The van der Waals surface area contributed by atoms with Crippen LogP contribution in [-0.4, -0.2) is 36.3 Å². The molecule has 0 bridgehead atoms. The predicted octanol–water partition coefficient (Wildman–Crippen LogP) is -0.230. The van der Waals surface area contributed by atoms with Crippen molar-refractivity contribution in [1.82, 2.24) is 4.98 Å². The first-order valence-electron chi connectivity index (χ1n) is 3.96. The number of hydrogen-bond acceptors (Lipinski definition) is 3. The van der Waals surface area contributed by atoms with Crippen molar-refractivity contribution in [3.8, 4) is 0 Å². The molecule has 1 atom stereocenters. The topological polar surface area (TPSA) is 65.3 Å². The Bertz CT molecular complexity index is 210. The van der Waals surface area contributed by atoms with Gasteiger partial charge in [0.1, 0.15) is 5.82 Å². The molecule has 0 radical (unpaired) electrons. The van der Waals surface area contributed by atoms with Crippen molar-refractivity contribution in [3.05, 3.63) is 18.3 Å². The van der Waals surface area contributed by atoms with E-state index < -0.39 is 6.10 Å². The number of rotatable bonds is 4. The van der Waals surface area contributed by atoms with E-state index in [2.05, 4.69) is 4.98 Å². The molecule has 12 heavy (non-hydrogen) atoms. The minimum absolute atomic E-state index is 0.297. The van der Waals surface area contributed by atoms with Gasteiger partial charge in [-0.3, -0.25) is 0 Å². The standard InChI is InChI=1S/C8H15N3O/c1-11(6-7(12)5-9)8-3-2-4-10-8/h2-4,7,10,12H,5-6,9H2,1H3. The van der Waals surface area contributed by atoms with Crippen molar-refractivity contribution in [2.75, 3.05) is 25.0 Å². The van der Waals surface area contributed by atoms with Crippen molar-refractivity contribution < 1.29 is 5.11 Å². The quantitative estimate of drug-likeness (QED) is 0.583. The van der Waals surface area contributed by atoms with Crippen molar-refractivity contribution in [2.45, 2.75) is 6.10 Å². The second-order valence-corrected chi connectivity index (χ2v) is 2.83. The molecule has 0 aliphatic heterocycles. The molecule has 0 spiro atoms. The van der Waals surface area contributed by atoms with E-state index in [1.807, 2.05) is 30.3 Å². The lowest BCUT2D eigenvalue weighted by Gasteiger charge is -2.19. The summed E-state index contributed by atoms with van der Waals surface area (Å²) < 4.78 is 0. The van der Waals surface area contributed by atoms with E-state index in [4.69, 9.17) is 5.73 Å². The number of aromatic amines is 1. The molecular formula is C8H15N3O. The van der Waals surface area contributed by atoms with Gasteiger partial charge in [0.25, 0.3) is 0 Å². The summed E-state index contributed by atoms with van der Waals surface area (Å²) in [6.07, 6.45) is 1.39. The fourth-order valence-corrected chi connectivity index (χ4v) is 1.05. The molecule has 1 rings (SSSR count). The molecule has 68 valence electrons. The molecule has 4 N–H and O–H groups in total. The smallest absolute Gasteiger partial charge is 0.105 e. The lowest BCUT2D eigenvalue weighted by atomic mass is 10.3. The third kappa shape index (κ3) is 2.25. The Labute approximate surface area is 72.0 Å². The molecule has 1 heterocycles. The number of nitrogens with two attached hydrogens (primary N) is 1. The molecule has 0 amide bonds. The highest BCUT2D eigenvalue weighted by Gasteiger charge is 2.06. The van der Waals surface area contributed by atoms with Gasteiger partial charge in [-0.25, -0.2) is 0 Å². The van der Waals surface area contributed by atoms with Gasteiger partial charge in [0.2, 0.25) is 0 Å². The highest BCUT2D eigenvalue weighted by Crippen LogP contribution is 2.07. The molecule has 0 saturated heterocycles. The van der Waals surface area contributed by atoms with Crippen LogP contribution < -0.4 is 10.6 Å². The van der Waals surface area contributed by atoms with E-state index in [0.717, 1.165) is 5.82 Å². The number of likely N-dealkylation sites (N-methyl/N-ethyl adjacent to an activating group) is 1. The van der Waals surface area contributed by atoms with Crippen LogP contribution in [0.3, 0.4) is 0 Å². The fraction of sp³-hybridized carbons (Fsp3) is 0.500. The number of hydrogen-bond donors (Lipinski definition) is 3. The van der Waals surface area contributed by atoms with Crippen LogP contribution in [0.15, 0.2) is 18.3 Å². The van der Waals surface area contributed by atoms with Crippen LogP contribution in [0.5, 0.6) is 0 Å². The van der Waals surface area contributed by atoms with Gasteiger partial charge < -0.3 is 20.7 Å². The average Bonchev–Trinajstić information content (AvgIpc) is 2.56. The Hall–Kier alpha value is -1.00. The highest BCUT2D eigenvalue weighted by atomic mass is 16.3. The number of anilines is 1. The Morgan fingerprint density at radius 2 is 2.50 bits per heavy atom. The summed E-state index contributed by atoms with van der Waals surface area (Å²) in [4.78, 5) is 4.97. The summed E-state index contributed by atoms with van der Waals surface area (Å²) in [6.45, 7) is 0.849. The van der Waals surface area contributed by atoms with Crippen LogP contribution in [0.4, 0.5) is 5.82 Å². The van der Waals surface area contributed by atoms with Crippen molar-refractivity contribution in [1.29, 1.82) is 0 Å². The van der Waals surface area contributed by atoms with Crippen LogP contribution in [0, 0.1) is 0 Å². The lowest BCUT2D eigenvalue weighted by molar-refractivity contribution is 0.189. The Kier molecular flexibility index (Phi) is 3.13. The van der Waals surface area contributed by atoms with E-state index in [9.17, 15) is 5.11 Å². The normalized spacial score (nSPS) is 12.9. The van der Waals surface area contributed by atoms with Gasteiger partial charge in [0.05, 0.1) is 6.10 Å². The highest BCUT2D eigenvalue weighted by molar-refractivity contribution is 5.37. The molecule has 0 aliphatic carbocycles. The summed E-state index contributed by atoms with van der Waals surface area (Å²) >= 11 is 0. The summed E-state index contributed by atoms with van der Waals surface area (Å²) in [5.74, 6) is 0.988. The molecule has 1 unspecified atom stereocenters. The molecule has 0 aromatic carbocycles. The van der Waals surface area contributed by atoms with Gasteiger partial charge in [-0.1, -0.05) is 0 Å². The van der Waals surface area contributed by atoms with E-state index in [1.165, 1.54) is 0 Å². The van der Waals surface area contributed by atoms with E-state index >= 15 is 0 Å². The maximum atomic E-state index is 9.25. The third-order valence-electron chi connectivity index (χ3n) is 1.75. The second-order valence-electron chi connectivity index (χ2n) is 2.83. The Balaban J connectivity index is 2.44. The molecule has 4 heteroatoms. The first kappa shape index (κ1) is 9.09. The van der Waals surface area contributed by atoms with Crippen LogP contribution in [-0.2, 0) is 0 Å². The monoisotopic (exact) mass is 169 g/mol. The Morgan fingerprint density at radius 1 is 1.75 bits per heavy atom. The van der Waals surface area contributed by atoms with E-state index in [-0.39, 0.29) is 0 Å². The number of aromatic nitrogens is 1. The maximum absolute atomic E-state index is 9.25. The van der Waals surface area contributed by atoms with Crippen molar-refractivity contribution >= 4 is 5.82 Å². The molecule has 0 saturated carbocycles. The lowest BCUT2D eigenvalue weighted by Crippen LogP contribution is -2.34. The van der Waals surface area contributed by atoms with Gasteiger partial charge >= 0.3 is 0 Å². The van der Waals surface area contributed by atoms with E-state index in [0.29, 0.717) is 13.1 Å². The van der Waals surface area contributed by atoms with Gasteiger partial charge in [-0.2, -0.15) is 0 Å². The third-order valence-corrected chi connectivity index (χ3v) is 1.75.